The predicted molar refractivity (Wildman–Crippen MR) is 75.3 cm³/mol. The van der Waals surface area contributed by atoms with Gasteiger partial charge >= 0.3 is 0 Å². The van der Waals surface area contributed by atoms with E-state index in [0.717, 1.165) is 44.7 Å². The van der Waals surface area contributed by atoms with Crippen LogP contribution in [0.25, 0.3) is 0 Å². The van der Waals surface area contributed by atoms with Crippen LogP contribution in [0.4, 0.5) is 0 Å². The molecular weight excluding hydrogens is 210 g/mol. The molecule has 0 aromatic rings. The molecule has 0 saturated carbocycles. The first-order valence-corrected chi connectivity index (χ1v) is 7.23. The van der Waals surface area contributed by atoms with Crippen molar-refractivity contribution in [1.29, 1.82) is 0 Å². The first-order valence-electron chi connectivity index (χ1n) is 7.23. The molecule has 0 fully saturated rings. The van der Waals surface area contributed by atoms with Gasteiger partial charge in [0.25, 0.3) is 0 Å². The number of aldehydes is 1. The van der Waals surface area contributed by atoms with Gasteiger partial charge in [0, 0.05) is 18.5 Å². The second-order valence-corrected chi connectivity index (χ2v) is 5.53. The summed E-state index contributed by atoms with van der Waals surface area (Å²) in [6, 6.07) is 0. The van der Waals surface area contributed by atoms with Crippen molar-refractivity contribution in [3.63, 3.8) is 0 Å². The molecule has 0 heterocycles. The Labute approximate surface area is 108 Å². The van der Waals surface area contributed by atoms with E-state index >= 15 is 0 Å². The van der Waals surface area contributed by atoms with E-state index in [-0.39, 0.29) is 5.41 Å². The Morgan fingerprint density at radius 3 is 2.12 bits per heavy atom. The molecule has 0 rings (SSSR count). The maximum Gasteiger partial charge on any atom is 0.127 e. The second-order valence-electron chi connectivity index (χ2n) is 5.53. The Bertz CT molecular complexity index is 201. The molecule has 0 aliphatic carbocycles. The molecular formula is C15H31NO. The minimum Gasteiger partial charge on any atom is -0.303 e. The Morgan fingerprint density at radius 2 is 1.76 bits per heavy atom. The summed E-state index contributed by atoms with van der Waals surface area (Å²) in [6.45, 7) is 14.1. The molecule has 2 nitrogen and oxygen atoms in total. The van der Waals surface area contributed by atoms with Gasteiger partial charge in [-0.1, -0.05) is 53.9 Å². The third kappa shape index (κ3) is 6.21. The van der Waals surface area contributed by atoms with Crippen LogP contribution in [0.2, 0.25) is 0 Å². The molecule has 17 heavy (non-hydrogen) atoms. The number of rotatable bonds is 10. The van der Waals surface area contributed by atoms with Crippen molar-refractivity contribution in [2.75, 3.05) is 19.6 Å². The van der Waals surface area contributed by atoms with Crippen LogP contribution in [0.3, 0.4) is 0 Å². The first kappa shape index (κ1) is 16.6. The minimum absolute atomic E-state index is 0.156. The lowest BCUT2D eigenvalue weighted by atomic mass is 9.86. The molecule has 0 aromatic carbocycles. The quantitative estimate of drug-likeness (QED) is 0.543. The molecule has 2 heteroatoms. The molecule has 0 amide bonds. The molecule has 0 radical (unpaired) electrons. The highest BCUT2D eigenvalue weighted by Crippen LogP contribution is 2.23. The van der Waals surface area contributed by atoms with Crippen LogP contribution < -0.4 is 0 Å². The number of hydrogen-bond donors (Lipinski definition) is 0. The smallest absolute Gasteiger partial charge is 0.127 e. The third-order valence-electron chi connectivity index (χ3n) is 3.81. The zero-order chi connectivity index (χ0) is 13.3. The van der Waals surface area contributed by atoms with Crippen molar-refractivity contribution in [3.05, 3.63) is 0 Å². The summed E-state index contributed by atoms with van der Waals surface area (Å²) in [6.07, 6.45) is 5.71. The van der Waals surface area contributed by atoms with Crippen molar-refractivity contribution < 1.29 is 4.79 Å². The normalized spacial score (nSPS) is 15.2. The third-order valence-corrected chi connectivity index (χ3v) is 3.81. The summed E-state index contributed by atoms with van der Waals surface area (Å²) in [7, 11) is 0. The zero-order valence-corrected chi connectivity index (χ0v) is 12.5. The lowest BCUT2D eigenvalue weighted by Crippen LogP contribution is -2.39. The van der Waals surface area contributed by atoms with Gasteiger partial charge in [0.1, 0.15) is 6.29 Å². The lowest BCUT2D eigenvalue weighted by molar-refractivity contribution is -0.116. The van der Waals surface area contributed by atoms with E-state index in [0.29, 0.717) is 0 Å². The highest BCUT2D eigenvalue weighted by atomic mass is 16.1. The largest absolute Gasteiger partial charge is 0.303 e. The van der Waals surface area contributed by atoms with E-state index < -0.39 is 0 Å². The molecule has 1 unspecified atom stereocenters. The summed E-state index contributed by atoms with van der Waals surface area (Å²) in [5, 5.41) is 0. The minimum atomic E-state index is -0.156. The van der Waals surface area contributed by atoms with Gasteiger partial charge in [0.2, 0.25) is 0 Å². The van der Waals surface area contributed by atoms with E-state index in [1.807, 2.05) is 0 Å². The highest BCUT2D eigenvalue weighted by molar-refractivity contribution is 5.58. The van der Waals surface area contributed by atoms with E-state index in [2.05, 4.69) is 39.5 Å². The van der Waals surface area contributed by atoms with Crippen molar-refractivity contribution >= 4 is 6.29 Å². The number of carbonyl (C=O) groups excluding carboxylic acids is 1. The number of hydrogen-bond acceptors (Lipinski definition) is 2. The molecule has 0 spiro atoms. The van der Waals surface area contributed by atoms with Gasteiger partial charge in [-0.05, 0) is 18.9 Å². The second kappa shape index (κ2) is 8.68. The van der Waals surface area contributed by atoms with E-state index in [4.69, 9.17) is 0 Å². The molecule has 0 aliphatic rings. The molecule has 0 aromatic heterocycles. The molecule has 0 N–H and O–H groups in total. The molecule has 0 bridgehead atoms. The Hall–Kier alpha value is -0.370. The van der Waals surface area contributed by atoms with Crippen molar-refractivity contribution in [2.24, 2.45) is 11.3 Å². The Kier molecular flexibility index (Phi) is 8.49. The van der Waals surface area contributed by atoms with E-state index in [9.17, 15) is 4.79 Å². The maximum absolute atomic E-state index is 11.3. The first-order chi connectivity index (χ1) is 8.05. The number of carbonyl (C=O) groups is 1. The number of nitrogens with zero attached hydrogens (tertiary/aromatic N) is 1. The van der Waals surface area contributed by atoms with Gasteiger partial charge in [0.05, 0.1) is 0 Å². The van der Waals surface area contributed by atoms with Crippen LogP contribution in [0, 0.1) is 11.3 Å². The summed E-state index contributed by atoms with van der Waals surface area (Å²) < 4.78 is 0. The van der Waals surface area contributed by atoms with Crippen LogP contribution in [0.5, 0.6) is 0 Å². The van der Waals surface area contributed by atoms with Gasteiger partial charge in [-0.3, -0.25) is 0 Å². The Balaban J connectivity index is 4.40. The van der Waals surface area contributed by atoms with Gasteiger partial charge in [-0.2, -0.15) is 0 Å². The van der Waals surface area contributed by atoms with Crippen LogP contribution >= 0.6 is 0 Å². The molecule has 0 aliphatic heterocycles. The SMILES string of the molecule is CCCC(C)(C=O)CN(CC)CC(CC)CC. The maximum atomic E-state index is 11.3. The van der Waals surface area contributed by atoms with Crippen molar-refractivity contribution in [1.82, 2.24) is 4.90 Å². The zero-order valence-electron chi connectivity index (χ0n) is 12.5. The molecule has 1 atom stereocenters. The standard InChI is InChI=1S/C15H31NO/c1-6-10-15(5,13-17)12-16(9-4)11-14(7-2)8-3/h13-14H,6-12H2,1-5H3. The van der Waals surface area contributed by atoms with Crippen molar-refractivity contribution in [2.45, 2.75) is 60.3 Å². The van der Waals surface area contributed by atoms with Gasteiger partial charge in [-0.25, -0.2) is 0 Å². The summed E-state index contributed by atoms with van der Waals surface area (Å²) in [5.41, 5.74) is -0.156. The van der Waals surface area contributed by atoms with Gasteiger partial charge < -0.3 is 9.69 Å². The fourth-order valence-electron chi connectivity index (χ4n) is 2.47. The fourth-order valence-corrected chi connectivity index (χ4v) is 2.47. The summed E-state index contributed by atoms with van der Waals surface area (Å²) in [5.74, 6) is 0.771. The molecule has 0 saturated heterocycles. The highest BCUT2D eigenvalue weighted by Gasteiger charge is 2.25. The topological polar surface area (TPSA) is 20.3 Å². The van der Waals surface area contributed by atoms with Gasteiger partial charge in [0.15, 0.2) is 0 Å². The molecule has 102 valence electrons. The Morgan fingerprint density at radius 1 is 1.18 bits per heavy atom. The van der Waals surface area contributed by atoms with Crippen LogP contribution in [0.15, 0.2) is 0 Å². The monoisotopic (exact) mass is 241 g/mol. The average molecular weight is 241 g/mol. The van der Waals surface area contributed by atoms with E-state index in [1.165, 1.54) is 12.8 Å². The van der Waals surface area contributed by atoms with Crippen LogP contribution in [-0.2, 0) is 4.79 Å². The van der Waals surface area contributed by atoms with Gasteiger partial charge in [-0.15, -0.1) is 0 Å². The lowest BCUT2D eigenvalue weighted by Gasteiger charge is -2.32. The summed E-state index contributed by atoms with van der Waals surface area (Å²) >= 11 is 0. The predicted octanol–water partition coefficient (Wildman–Crippen LogP) is 3.75. The summed E-state index contributed by atoms with van der Waals surface area (Å²) in [4.78, 5) is 13.7. The fraction of sp³-hybridized carbons (Fsp3) is 0.933. The van der Waals surface area contributed by atoms with Crippen LogP contribution in [-0.4, -0.2) is 30.8 Å². The van der Waals surface area contributed by atoms with E-state index in [1.54, 1.807) is 0 Å². The average Bonchev–Trinajstić information content (AvgIpc) is 2.34. The van der Waals surface area contributed by atoms with Crippen LogP contribution in [0.1, 0.15) is 60.3 Å². The van der Waals surface area contributed by atoms with Crippen molar-refractivity contribution in [3.8, 4) is 0 Å².